The minimum absolute atomic E-state index is 0. The summed E-state index contributed by atoms with van der Waals surface area (Å²) in [7, 11) is 0. The largest absolute Gasteiger partial charge is 0.346 e. The van der Waals surface area contributed by atoms with E-state index in [0.29, 0.717) is 32.7 Å². The summed E-state index contributed by atoms with van der Waals surface area (Å²) in [5.74, 6) is -2.33. The maximum absolute atomic E-state index is 11.4. The van der Waals surface area contributed by atoms with Gasteiger partial charge in [-0.2, -0.15) is 0 Å². The molecule has 0 aromatic rings. The summed E-state index contributed by atoms with van der Waals surface area (Å²) < 4.78 is 0. The fourth-order valence-electron chi connectivity index (χ4n) is 2.43. The highest BCUT2D eigenvalue weighted by Crippen LogP contribution is 2.08. The lowest BCUT2D eigenvalue weighted by Gasteiger charge is -2.30. The standard InChI is InChI=1S/C8H11ClN2O3.C7H12N2O2.CH4/c1-2-3-10-4-5-11(8(9)14)7(13)6(10)12;1-2-4-9-5-3-8-6(10)7(9)11;/h2-5H2,1H3;2-5H2,1H3,(H,8,10);1H4. The molecule has 2 rings (SSSR count). The lowest BCUT2D eigenvalue weighted by molar-refractivity contribution is -0.153. The Hall–Kier alpha value is -2.16. The average Bonchev–Trinajstić information content (AvgIpc) is 2.57. The van der Waals surface area contributed by atoms with Gasteiger partial charge in [-0.15, -0.1) is 0 Å². The van der Waals surface area contributed by atoms with E-state index in [0.717, 1.165) is 17.7 Å². The minimum atomic E-state index is -0.889. The molecule has 1 N–H and O–H groups in total. The fraction of sp³-hybridized carbons (Fsp3) is 0.688. The molecule has 0 bridgehead atoms. The maximum atomic E-state index is 11.4. The normalized spacial score (nSPS) is 17.3. The Bertz CT molecular complexity index is 553. The number of amides is 5. The molecule has 10 heteroatoms. The van der Waals surface area contributed by atoms with Crippen LogP contribution in [0.2, 0.25) is 0 Å². The van der Waals surface area contributed by atoms with Gasteiger partial charge in [0.15, 0.2) is 0 Å². The van der Waals surface area contributed by atoms with E-state index in [9.17, 15) is 24.0 Å². The van der Waals surface area contributed by atoms with Gasteiger partial charge in [0.1, 0.15) is 0 Å². The number of nitrogens with zero attached hydrogens (tertiary/aromatic N) is 3. The Morgan fingerprint density at radius 3 is 1.96 bits per heavy atom. The van der Waals surface area contributed by atoms with Gasteiger partial charge in [-0.1, -0.05) is 21.3 Å². The van der Waals surface area contributed by atoms with Gasteiger partial charge in [-0.3, -0.25) is 28.9 Å². The van der Waals surface area contributed by atoms with E-state index < -0.39 is 29.0 Å². The lowest BCUT2D eigenvalue weighted by atomic mass is 10.3. The Morgan fingerprint density at radius 2 is 1.46 bits per heavy atom. The summed E-state index contributed by atoms with van der Waals surface area (Å²) >= 11 is 5.14. The summed E-state index contributed by atoms with van der Waals surface area (Å²) in [5, 5.41) is 1.60. The number of carbonyl (C=O) groups is 5. The van der Waals surface area contributed by atoms with Gasteiger partial charge in [-0.05, 0) is 24.4 Å². The highest BCUT2D eigenvalue weighted by molar-refractivity contribution is 6.65. The molecule has 0 unspecified atom stereocenters. The molecule has 0 radical (unpaired) electrons. The second kappa shape index (κ2) is 11.5. The zero-order valence-electron chi connectivity index (χ0n) is 14.4. The van der Waals surface area contributed by atoms with E-state index in [1.807, 2.05) is 13.8 Å². The summed E-state index contributed by atoms with van der Waals surface area (Å²) in [4.78, 5) is 58.9. The molecule has 5 amide bonds. The molecule has 26 heavy (non-hydrogen) atoms. The molecule has 0 aliphatic carbocycles. The van der Waals surface area contributed by atoms with Crippen molar-refractivity contribution in [2.75, 3.05) is 39.3 Å². The van der Waals surface area contributed by atoms with Crippen molar-refractivity contribution in [3.05, 3.63) is 0 Å². The second-order valence-electron chi connectivity index (χ2n) is 5.55. The van der Waals surface area contributed by atoms with Crippen LogP contribution in [0.5, 0.6) is 0 Å². The Morgan fingerprint density at radius 1 is 0.923 bits per heavy atom. The first kappa shape index (κ1) is 23.8. The van der Waals surface area contributed by atoms with Crippen LogP contribution >= 0.6 is 11.6 Å². The molecule has 2 aliphatic rings. The quantitative estimate of drug-likeness (QED) is 0.425. The van der Waals surface area contributed by atoms with Crippen LogP contribution in [-0.4, -0.2) is 83.0 Å². The molecular weight excluding hydrogens is 364 g/mol. The van der Waals surface area contributed by atoms with E-state index in [4.69, 9.17) is 11.6 Å². The number of nitrogens with one attached hydrogen (secondary N) is 1. The number of imide groups is 1. The number of carbonyl (C=O) groups excluding carboxylic acids is 5. The van der Waals surface area contributed by atoms with Crippen molar-refractivity contribution in [1.29, 1.82) is 0 Å². The smallest absolute Gasteiger partial charge is 0.323 e. The van der Waals surface area contributed by atoms with Gasteiger partial charge in [0.2, 0.25) is 0 Å². The van der Waals surface area contributed by atoms with Crippen LogP contribution in [0.25, 0.3) is 0 Å². The van der Waals surface area contributed by atoms with E-state index in [1.165, 1.54) is 4.90 Å². The predicted molar refractivity (Wildman–Crippen MR) is 96.4 cm³/mol. The van der Waals surface area contributed by atoms with Crippen molar-refractivity contribution in [3.8, 4) is 0 Å². The summed E-state index contributed by atoms with van der Waals surface area (Å²) in [5.41, 5.74) is 0. The predicted octanol–water partition coefficient (Wildman–Crippen LogP) is 0.417. The highest BCUT2D eigenvalue weighted by Gasteiger charge is 2.34. The number of piperazine rings is 2. The van der Waals surface area contributed by atoms with E-state index in [1.54, 1.807) is 4.90 Å². The molecule has 0 spiro atoms. The maximum Gasteiger partial charge on any atom is 0.323 e. The van der Waals surface area contributed by atoms with E-state index in [2.05, 4.69) is 5.32 Å². The fourth-order valence-corrected chi connectivity index (χ4v) is 2.60. The van der Waals surface area contributed by atoms with Crippen molar-refractivity contribution in [2.45, 2.75) is 34.1 Å². The summed E-state index contributed by atoms with van der Waals surface area (Å²) in [6, 6.07) is 0. The monoisotopic (exact) mass is 390 g/mol. The Balaban J connectivity index is 0.000000475. The topological polar surface area (TPSA) is 107 Å². The van der Waals surface area contributed by atoms with Crippen LogP contribution in [0.4, 0.5) is 4.79 Å². The van der Waals surface area contributed by atoms with Crippen LogP contribution < -0.4 is 5.32 Å². The minimum Gasteiger partial charge on any atom is -0.346 e. The zero-order valence-corrected chi connectivity index (χ0v) is 15.2. The SMILES string of the molecule is C.CCCN1CCN(C(=O)Cl)C(=O)C1=O.CCCN1CCNC(=O)C1=O. The van der Waals surface area contributed by atoms with Gasteiger partial charge in [0, 0.05) is 39.3 Å². The first-order chi connectivity index (χ1) is 11.8. The first-order valence-electron chi connectivity index (χ1n) is 8.20. The molecule has 0 aromatic carbocycles. The third kappa shape index (κ3) is 6.29. The van der Waals surface area contributed by atoms with Crippen molar-refractivity contribution >= 4 is 40.6 Å². The Kier molecular flexibility index (Phi) is 10.5. The Labute approximate surface area is 158 Å². The van der Waals surface area contributed by atoms with Crippen LogP contribution in [0, 0.1) is 0 Å². The molecule has 2 aliphatic heterocycles. The molecular formula is C16H27ClN4O5. The van der Waals surface area contributed by atoms with Gasteiger partial charge >= 0.3 is 29.0 Å². The van der Waals surface area contributed by atoms with E-state index in [-0.39, 0.29) is 14.0 Å². The van der Waals surface area contributed by atoms with Crippen LogP contribution in [-0.2, 0) is 19.2 Å². The molecule has 0 atom stereocenters. The third-order valence-electron chi connectivity index (χ3n) is 3.66. The van der Waals surface area contributed by atoms with Crippen molar-refractivity contribution in [3.63, 3.8) is 0 Å². The summed E-state index contributed by atoms with van der Waals surface area (Å²) in [6.45, 7) is 6.92. The molecule has 9 nitrogen and oxygen atoms in total. The van der Waals surface area contributed by atoms with Crippen LogP contribution in [0.15, 0.2) is 0 Å². The molecule has 0 aromatic heterocycles. The lowest BCUT2D eigenvalue weighted by Crippen LogP contribution is -2.55. The zero-order chi connectivity index (χ0) is 19.0. The van der Waals surface area contributed by atoms with Crippen molar-refractivity contribution in [2.24, 2.45) is 0 Å². The first-order valence-corrected chi connectivity index (χ1v) is 8.58. The summed E-state index contributed by atoms with van der Waals surface area (Å²) in [6.07, 6.45) is 1.69. The van der Waals surface area contributed by atoms with Gasteiger partial charge in [0.05, 0.1) is 0 Å². The van der Waals surface area contributed by atoms with Crippen LogP contribution in [0.3, 0.4) is 0 Å². The molecule has 0 saturated carbocycles. The number of halogens is 1. The average molecular weight is 391 g/mol. The van der Waals surface area contributed by atoms with Gasteiger partial charge < -0.3 is 15.1 Å². The molecule has 2 heterocycles. The van der Waals surface area contributed by atoms with Crippen molar-refractivity contribution < 1.29 is 24.0 Å². The van der Waals surface area contributed by atoms with Gasteiger partial charge in [-0.25, -0.2) is 0 Å². The third-order valence-corrected chi connectivity index (χ3v) is 3.86. The second-order valence-corrected chi connectivity index (χ2v) is 5.87. The van der Waals surface area contributed by atoms with E-state index >= 15 is 0 Å². The number of hydrogen-bond acceptors (Lipinski definition) is 5. The van der Waals surface area contributed by atoms with Gasteiger partial charge in [0.25, 0.3) is 0 Å². The number of rotatable bonds is 4. The number of hydrogen-bond donors (Lipinski definition) is 1. The van der Waals surface area contributed by atoms with Crippen molar-refractivity contribution in [1.82, 2.24) is 20.0 Å². The molecule has 2 fully saturated rings. The molecule has 2 saturated heterocycles. The van der Waals surface area contributed by atoms with Crippen LogP contribution in [0.1, 0.15) is 34.1 Å². The molecule has 148 valence electrons. The highest BCUT2D eigenvalue weighted by atomic mass is 35.5.